The predicted octanol–water partition coefficient (Wildman–Crippen LogP) is 1.58. The Morgan fingerprint density at radius 2 is 2.00 bits per heavy atom. The highest BCUT2D eigenvalue weighted by Gasteiger charge is 2.21. The average molecular weight is 180 g/mol. The second-order valence-corrected chi connectivity index (χ2v) is 3.63. The van der Waals surface area contributed by atoms with Gasteiger partial charge in [-0.2, -0.15) is 0 Å². The van der Waals surface area contributed by atoms with Crippen molar-refractivity contribution in [1.29, 1.82) is 0 Å². The number of nitrogens with zero attached hydrogens (tertiary/aromatic N) is 1. The molecule has 0 aromatic heterocycles. The molecule has 0 aromatic rings. The maximum absolute atomic E-state index is 5.78. The highest BCUT2D eigenvalue weighted by Crippen LogP contribution is 2.12. The number of ether oxygens (including phenoxy) is 1. The Hall–Kier alpha value is 0.210. The van der Waals surface area contributed by atoms with Gasteiger partial charge in [-0.1, -0.05) is 0 Å². The zero-order valence-corrected chi connectivity index (χ0v) is 8.61. The van der Waals surface area contributed by atoms with Gasteiger partial charge in [0.15, 0.2) is 0 Å². The summed E-state index contributed by atoms with van der Waals surface area (Å²) in [5.41, 5.74) is 0.0695. The Bertz CT molecular complexity index is 106. The maximum Gasteiger partial charge on any atom is 0.0589 e. The van der Waals surface area contributed by atoms with Crippen molar-refractivity contribution in [2.45, 2.75) is 19.4 Å². The summed E-state index contributed by atoms with van der Waals surface area (Å²) in [5.74, 6) is 0.646. The Morgan fingerprint density at radius 3 is 2.36 bits per heavy atom. The van der Waals surface area contributed by atoms with Crippen LogP contribution in [0.5, 0.6) is 0 Å². The lowest BCUT2D eigenvalue weighted by molar-refractivity contribution is 0.112. The van der Waals surface area contributed by atoms with E-state index in [9.17, 15) is 0 Å². The van der Waals surface area contributed by atoms with E-state index in [-0.39, 0.29) is 5.54 Å². The predicted molar refractivity (Wildman–Crippen MR) is 49.3 cm³/mol. The number of methoxy groups -OCH3 is 1. The van der Waals surface area contributed by atoms with Gasteiger partial charge in [0.1, 0.15) is 0 Å². The van der Waals surface area contributed by atoms with Gasteiger partial charge in [-0.3, -0.25) is 4.90 Å². The van der Waals surface area contributed by atoms with Crippen molar-refractivity contribution < 1.29 is 4.74 Å². The van der Waals surface area contributed by atoms with Crippen molar-refractivity contribution >= 4 is 11.6 Å². The zero-order chi connectivity index (χ0) is 8.91. The lowest BCUT2D eigenvalue weighted by Gasteiger charge is -2.33. The van der Waals surface area contributed by atoms with Crippen LogP contribution in [-0.2, 0) is 4.74 Å². The SMILES string of the molecule is COCCN(C)C(C)(C)CCl. The summed E-state index contributed by atoms with van der Waals surface area (Å²) in [7, 11) is 3.77. The Labute approximate surface area is 74.5 Å². The summed E-state index contributed by atoms with van der Waals surface area (Å²) in [6, 6.07) is 0. The van der Waals surface area contributed by atoms with Gasteiger partial charge in [0.25, 0.3) is 0 Å². The quantitative estimate of drug-likeness (QED) is 0.595. The van der Waals surface area contributed by atoms with Crippen LogP contribution in [-0.4, -0.2) is 43.6 Å². The monoisotopic (exact) mass is 179 g/mol. The summed E-state index contributed by atoms with van der Waals surface area (Å²) in [4.78, 5) is 2.20. The molecule has 11 heavy (non-hydrogen) atoms. The van der Waals surface area contributed by atoms with Crippen molar-refractivity contribution in [3.63, 3.8) is 0 Å². The normalized spacial score (nSPS) is 12.5. The van der Waals surface area contributed by atoms with Gasteiger partial charge in [-0.25, -0.2) is 0 Å². The summed E-state index contributed by atoms with van der Waals surface area (Å²) >= 11 is 5.78. The molecule has 0 bridgehead atoms. The van der Waals surface area contributed by atoms with Crippen LogP contribution in [0.2, 0.25) is 0 Å². The standard InChI is InChI=1S/C8H18ClNO/c1-8(2,7-9)10(3)5-6-11-4/h5-7H2,1-4H3. The molecule has 0 saturated heterocycles. The second-order valence-electron chi connectivity index (χ2n) is 3.36. The molecular weight excluding hydrogens is 162 g/mol. The molecule has 2 nitrogen and oxygen atoms in total. The Morgan fingerprint density at radius 1 is 1.45 bits per heavy atom. The van der Waals surface area contributed by atoms with Crippen molar-refractivity contribution in [2.24, 2.45) is 0 Å². The minimum Gasteiger partial charge on any atom is -0.383 e. The van der Waals surface area contributed by atoms with Gasteiger partial charge in [-0.15, -0.1) is 11.6 Å². The van der Waals surface area contributed by atoms with Crippen LogP contribution in [0.1, 0.15) is 13.8 Å². The van der Waals surface area contributed by atoms with E-state index in [0.29, 0.717) is 5.88 Å². The molecule has 0 aromatic carbocycles. The van der Waals surface area contributed by atoms with E-state index in [0.717, 1.165) is 13.2 Å². The summed E-state index contributed by atoms with van der Waals surface area (Å²) in [6.45, 7) is 5.93. The first kappa shape index (κ1) is 11.2. The first-order valence-electron chi connectivity index (χ1n) is 3.80. The molecule has 0 rings (SSSR count). The van der Waals surface area contributed by atoms with Crippen LogP contribution < -0.4 is 0 Å². The molecule has 0 N–H and O–H groups in total. The minimum atomic E-state index is 0.0695. The Kier molecular flexibility index (Phi) is 5.06. The lowest BCUT2D eigenvalue weighted by Crippen LogP contribution is -2.44. The van der Waals surface area contributed by atoms with Crippen LogP contribution in [0.15, 0.2) is 0 Å². The lowest BCUT2D eigenvalue weighted by atomic mass is 10.1. The fourth-order valence-electron chi connectivity index (χ4n) is 0.633. The number of hydrogen-bond donors (Lipinski definition) is 0. The number of rotatable bonds is 5. The highest BCUT2D eigenvalue weighted by molar-refractivity contribution is 6.18. The van der Waals surface area contributed by atoms with Crippen LogP contribution in [0.25, 0.3) is 0 Å². The molecule has 0 saturated carbocycles. The van der Waals surface area contributed by atoms with E-state index in [1.165, 1.54) is 0 Å². The zero-order valence-electron chi connectivity index (χ0n) is 7.85. The summed E-state index contributed by atoms with van der Waals surface area (Å²) < 4.78 is 4.97. The molecule has 3 heteroatoms. The van der Waals surface area contributed by atoms with E-state index >= 15 is 0 Å². The molecule has 0 fully saturated rings. The third kappa shape index (κ3) is 3.94. The number of likely N-dealkylation sites (N-methyl/N-ethyl adjacent to an activating group) is 1. The third-order valence-corrected chi connectivity index (χ3v) is 2.65. The van der Waals surface area contributed by atoms with Crippen molar-refractivity contribution in [3.05, 3.63) is 0 Å². The van der Waals surface area contributed by atoms with E-state index in [2.05, 4.69) is 25.8 Å². The smallest absolute Gasteiger partial charge is 0.0589 e. The molecule has 0 spiro atoms. The number of hydrogen-bond acceptors (Lipinski definition) is 2. The third-order valence-electron chi connectivity index (χ3n) is 1.99. The van der Waals surface area contributed by atoms with Crippen LogP contribution in [0, 0.1) is 0 Å². The summed E-state index contributed by atoms with van der Waals surface area (Å²) in [5, 5.41) is 0. The molecule has 0 radical (unpaired) electrons. The van der Waals surface area contributed by atoms with Gasteiger partial charge in [0.05, 0.1) is 6.61 Å². The average Bonchev–Trinajstić information content (AvgIpc) is 2.00. The molecule has 0 unspecified atom stereocenters. The molecular formula is C8H18ClNO. The first-order valence-corrected chi connectivity index (χ1v) is 4.34. The van der Waals surface area contributed by atoms with Gasteiger partial charge >= 0.3 is 0 Å². The first-order chi connectivity index (χ1) is 5.04. The van der Waals surface area contributed by atoms with Gasteiger partial charge < -0.3 is 4.74 Å². The van der Waals surface area contributed by atoms with Crippen molar-refractivity contribution in [2.75, 3.05) is 33.2 Å². The minimum absolute atomic E-state index is 0.0695. The van der Waals surface area contributed by atoms with E-state index in [4.69, 9.17) is 16.3 Å². The molecule has 0 aliphatic rings. The fraction of sp³-hybridized carbons (Fsp3) is 1.00. The maximum atomic E-state index is 5.78. The van der Waals surface area contributed by atoms with E-state index < -0.39 is 0 Å². The van der Waals surface area contributed by atoms with E-state index in [1.807, 2.05) is 0 Å². The molecule has 0 amide bonds. The van der Waals surface area contributed by atoms with E-state index in [1.54, 1.807) is 7.11 Å². The van der Waals surface area contributed by atoms with Gasteiger partial charge in [-0.05, 0) is 20.9 Å². The van der Waals surface area contributed by atoms with Crippen molar-refractivity contribution in [3.8, 4) is 0 Å². The molecule has 0 heterocycles. The van der Waals surface area contributed by atoms with Crippen LogP contribution in [0.4, 0.5) is 0 Å². The number of alkyl halides is 1. The second kappa shape index (κ2) is 4.96. The molecule has 0 aliphatic carbocycles. The van der Waals surface area contributed by atoms with Crippen LogP contribution >= 0.6 is 11.6 Å². The number of halogens is 1. The van der Waals surface area contributed by atoms with Gasteiger partial charge in [0, 0.05) is 25.1 Å². The molecule has 0 aliphatic heterocycles. The Balaban J connectivity index is 3.71. The van der Waals surface area contributed by atoms with Gasteiger partial charge in [0.2, 0.25) is 0 Å². The topological polar surface area (TPSA) is 12.5 Å². The van der Waals surface area contributed by atoms with Crippen molar-refractivity contribution in [1.82, 2.24) is 4.90 Å². The summed E-state index contributed by atoms with van der Waals surface area (Å²) in [6.07, 6.45) is 0. The molecule has 0 atom stereocenters. The van der Waals surface area contributed by atoms with Crippen LogP contribution in [0.3, 0.4) is 0 Å². The highest BCUT2D eigenvalue weighted by atomic mass is 35.5. The largest absolute Gasteiger partial charge is 0.383 e. The fourth-order valence-corrected chi connectivity index (χ4v) is 0.837. The molecule has 68 valence electrons.